The number of methoxy groups -OCH3 is 1. The number of rotatable bonds is 5. The average Bonchev–Trinajstić information content (AvgIpc) is 3.21. The fourth-order valence-corrected chi connectivity index (χ4v) is 5.05. The van der Waals surface area contributed by atoms with E-state index < -0.39 is 10.1 Å². The molecule has 160 valence electrons. The molecule has 2 atom stereocenters. The van der Waals surface area contributed by atoms with Gasteiger partial charge in [0.2, 0.25) is 0 Å². The maximum atomic E-state index is 11.4. The first-order valence-corrected chi connectivity index (χ1v) is 11.7. The van der Waals surface area contributed by atoms with Crippen LogP contribution in [0, 0.1) is 12.8 Å². The Morgan fingerprint density at radius 3 is 2.63 bits per heavy atom. The van der Waals surface area contributed by atoms with Crippen LogP contribution in [0.5, 0.6) is 5.75 Å². The van der Waals surface area contributed by atoms with Gasteiger partial charge in [0.15, 0.2) is 0 Å². The molecular formula is C23H28N2O4S. The molecule has 6 nitrogen and oxygen atoms in total. The molecule has 3 aromatic rings. The first kappa shape index (κ1) is 20.9. The lowest BCUT2D eigenvalue weighted by molar-refractivity contribution is 0.110. The number of nitrogens with zero attached hydrogens (tertiary/aromatic N) is 1. The molecule has 0 aliphatic carbocycles. The fourth-order valence-electron chi connectivity index (χ4n) is 4.57. The van der Waals surface area contributed by atoms with E-state index in [9.17, 15) is 13.0 Å². The molecule has 0 spiro atoms. The molecule has 4 rings (SSSR count). The number of likely N-dealkylation sites (tertiary alicyclic amines) is 1. The number of H-pyrrole nitrogens is 1. The summed E-state index contributed by atoms with van der Waals surface area (Å²) in [4.78, 5) is 5.71. The number of fused-ring (bicyclic) bond motifs is 1. The summed E-state index contributed by atoms with van der Waals surface area (Å²) in [7, 11) is -2.48. The molecule has 1 aliphatic heterocycles. The van der Waals surface area contributed by atoms with E-state index in [1.165, 1.54) is 17.5 Å². The Labute approximate surface area is 177 Å². The number of aromatic amines is 1. The van der Waals surface area contributed by atoms with Crippen LogP contribution in [0.2, 0.25) is 0 Å². The van der Waals surface area contributed by atoms with Gasteiger partial charge in [-0.05, 0) is 67.6 Å². The highest BCUT2D eigenvalue weighted by Gasteiger charge is 2.29. The second-order valence-electron chi connectivity index (χ2n) is 8.30. The Morgan fingerprint density at radius 1 is 1.23 bits per heavy atom. The van der Waals surface area contributed by atoms with Gasteiger partial charge in [-0.15, -0.1) is 0 Å². The molecule has 1 fully saturated rings. The second kappa shape index (κ2) is 8.06. The predicted octanol–water partition coefficient (Wildman–Crippen LogP) is 4.70. The number of benzene rings is 2. The van der Waals surface area contributed by atoms with Gasteiger partial charge >= 0.3 is 0 Å². The lowest BCUT2D eigenvalue weighted by atomic mass is 9.87. The standard InChI is InChI=1S/C23H28N2O4S/c1-15-9-11-25(21(12-15)17-4-6-18(7-5-17)30(26,27)28)14-20-19-8-10-24-23(19)16(2)13-22(20)29-3/h4-8,10,13,15,21,24H,9,11-12,14H2,1-3H3,(H,26,27,28). The SMILES string of the molecule is COc1cc(C)c2[nH]ccc2c1CN1CCC(C)CC1c1ccc(S(=O)(=O)O)cc1. The largest absolute Gasteiger partial charge is 0.496 e. The van der Waals surface area contributed by atoms with Gasteiger partial charge in [-0.3, -0.25) is 9.45 Å². The smallest absolute Gasteiger partial charge is 0.294 e. The van der Waals surface area contributed by atoms with Crippen molar-refractivity contribution in [2.45, 2.75) is 44.2 Å². The molecule has 0 radical (unpaired) electrons. The van der Waals surface area contributed by atoms with Gasteiger partial charge in [0.05, 0.1) is 12.0 Å². The molecule has 2 unspecified atom stereocenters. The highest BCUT2D eigenvalue weighted by atomic mass is 32.2. The number of aromatic nitrogens is 1. The van der Waals surface area contributed by atoms with Crippen molar-refractivity contribution in [2.75, 3.05) is 13.7 Å². The number of piperidine rings is 1. The summed E-state index contributed by atoms with van der Waals surface area (Å²) in [6, 6.07) is 11.0. The first-order chi connectivity index (χ1) is 14.3. The summed E-state index contributed by atoms with van der Waals surface area (Å²) in [5.41, 5.74) is 4.50. The van der Waals surface area contributed by atoms with E-state index in [2.05, 4.69) is 35.9 Å². The van der Waals surface area contributed by atoms with Crippen LogP contribution in [0.4, 0.5) is 0 Å². The van der Waals surface area contributed by atoms with Gasteiger partial charge < -0.3 is 9.72 Å². The number of hydrogen-bond donors (Lipinski definition) is 2. The molecular weight excluding hydrogens is 400 g/mol. The third kappa shape index (κ3) is 3.97. The van der Waals surface area contributed by atoms with Gasteiger partial charge in [-0.25, -0.2) is 0 Å². The lowest BCUT2D eigenvalue weighted by Gasteiger charge is -2.39. The van der Waals surface area contributed by atoms with E-state index in [1.807, 2.05) is 18.3 Å². The molecule has 0 bridgehead atoms. The first-order valence-electron chi connectivity index (χ1n) is 10.2. The summed E-state index contributed by atoms with van der Waals surface area (Å²) >= 11 is 0. The number of hydrogen-bond acceptors (Lipinski definition) is 4. The number of nitrogens with one attached hydrogen (secondary N) is 1. The van der Waals surface area contributed by atoms with Crippen molar-refractivity contribution >= 4 is 21.0 Å². The van der Waals surface area contributed by atoms with Crippen molar-refractivity contribution in [1.29, 1.82) is 0 Å². The summed E-state index contributed by atoms with van der Waals surface area (Å²) < 4.78 is 37.8. The molecule has 2 aromatic carbocycles. The maximum Gasteiger partial charge on any atom is 0.294 e. The highest BCUT2D eigenvalue weighted by molar-refractivity contribution is 7.85. The van der Waals surface area contributed by atoms with Crippen molar-refractivity contribution in [2.24, 2.45) is 5.92 Å². The second-order valence-corrected chi connectivity index (χ2v) is 9.72. The minimum Gasteiger partial charge on any atom is -0.496 e. The van der Waals surface area contributed by atoms with Gasteiger partial charge in [0, 0.05) is 35.2 Å². The zero-order valence-corrected chi connectivity index (χ0v) is 18.4. The van der Waals surface area contributed by atoms with Crippen LogP contribution in [0.15, 0.2) is 47.5 Å². The van der Waals surface area contributed by atoms with Crippen molar-refractivity contribution in [3.05, 3.63) is 59.3 Å². The van der Waals surface area contributed by atoms with Crippen molar-refractivity contribution in [1.82, 2.24) is 9.88 Å². The molecule has 1 aromatic heterocycles. The van der Waals surface area contributed by atoms with E-state index >= 15 is 0 Å². The van der Waals surface area contributed by atoms with E-state index in [4.69, 9.17) is 4.74 Å². The summed E-state index contributed by atoms with van der Waals surface area (Å²) in [5.74, 6) is 1.47. The summed E-state index contributed by atoms with van der Waals surface area (Å²) in [6.07, 6.45) is 4.07. The van der Waals surface area contributed by atoms with Gasteiger partial charge in [0.1, 0.15) is 5.75 Å². The van der Waals surface area contributed by atoms with Crippen LogP contribution in [0.1, 0.15) is 42.5 Å². The highest BCUT2D eigenvalue weighted by Crippen LogP contribution is 2.38. The minimum atomic E-state index is -4.19. The minimum absolute atomic E-state index is 0.0732. The van der Waals surface area contributed by atoms with E-state index in [1.54, 1.807) is 7.11 Å². The van der Waals surface area contributed by atoms with Crippen LogP contribution < -0.4 is 4.74 Å². The zero-order chi connectivity index (χ0) is 21.5. The van der Waals surface area contributed by atoms with Crippen molar-refractivity contribution in [3.8, 4) is 5.75 Å². The predicted molar refractivity (Wildman–Crippen MR) is 117 cm³/mol. The zero-order valence-electron chi connectivity index (χ0n) is 17.6. The van der Waals surface area contributed by atoms with Crippen molar-refractivity contribution in [3.63, 3.8) is 0 Å². The van der Waals surface area contributed by atoms with Crippen LogP contribution in [0.25, 0.3) is 10.9 Å². The van der Waals surface area contributed by atoms with Crippen LogP contribution >= 0.6 is 0 Å². The molecule has 30 heavy (non-hydrogen) atoms. The monoisotopic (exact) mass is 428 g/mol. The van der Waals surface area contributed by atoms with E-state index in [0.29, 0.717) is 5.92 Å². The van der Waals surface area contributed by atoms with Crippen LogP contribution in [-0.2, 0) is 16.7 Å². The Kier molecular flexibility index (Phi) is 5.61. The van der Waals surface area contributed by atoms with Gasteiger partial charge in [0.25, 0.3) is 10.1 Å². The molecule has 1 saturated heterocycles. The number of ether oxygens (including phenoxy) is 1. The molecule has 2 heterocycles. The Hall–Kier alpha value is -2.35. The molecule has 0 saturated carbocycles. The molecule has 0 amide bonds. The third-order valence-electron chi connectivity index (χ3n) is 6.23. The molecule has 2 N–H and O–H groups in total. The molecule has 1 aliphatic rings. The quantitative estimate of drug-likeness (QED) is 0.576. The fraction of sp³-hybridized carbons (Fsp3) is 0.391. The lowest BCUT2D eigenvalue weighted by Crippen LogP contribution is -2.36. The maximum absolute atomic E-state index is 11.4. The average molecular weight is 429 g/mol. The summed E-state index contributed by atoms with van der Waals surface area (Å²) in [5, 5.41) is 1.17. The van der Waals surface area contributed by atoms with Crippen LogP contribution in [0.3, 0.4) is 0 Å². The molecule has 7 heteroatoms. The van der Waals surface area contributed by atoms with Crippen molar-refractivity contribution < 1.29 is 17.7 Å². The van der Waals surface area contributed by atoms with Crippen LogP contribution in [-0.4, -0.2) is 36.5 Å². The summed E-state index contributed by atoms with van der Waals surface area (Å²) in [6.45, 7) is 6.03. The van der Waals surface area contributed by atoms with E-state index in [-0.39, 0.29) is 10.9 Å². The number of aryl methyl sites for hydroxylation is 1. The van der Waals surface area contributed by atoms with E-state index in [0.717, 1.165) is 53.9 Å². The topological polar surface area (TPSA) is 82.6 Å². The Bertz CT molecular complexity index is 1150. The van der Waals surface area contributed by atoms with Gasteiger partial charge in [-0.1, -0.05) is 19.1 Å². The Morgan fingerprint density at radius 2 is 1.97 bits per heavy atom. The third-order valence-corrected chi connectivity index (χ3v) is 7.10. The Balaban J connectivity index is 1.70. The van der Waals surface area contributed by atoms with Gasteiger partial charge in [-0.2, -0.15) is 8.42 Å². The normalized spacial score (nSPS) is 20.5.